The van der Waals surface area contributed by atoms with E-state index >= 15 is 0 Å². The second-order valence-corrected chi connectivity index (χ2v) is 7.60. The zero-order valence-corrected chi connectivity index (χ0v) is 18.3. The van der Waals surface area contributed by atoms with E-state index < -0.39 is 11.8 Å². The fourth-order valence-electron chi connectivity index (χ4n) is 2.19. The number of ether oxygens (including phenoxy) is 2. The van der Waals surface area contributed by atoms with E-state index in [1.54, 1.807) is 48.5 Å². The van der Waals surface area contributed by atoms with E-state index in [0.717, 1.165) is 6.42 Å². The van der Waals surface area contributed by atoms with Crippen LogP contribution in [0, 0.1) is 5.92 Å². The quantitative estimate of drug-likeness (QED) is 0.422. The molecule has 0 heterocycles. The Bertz CT molecular complexity index is 875. The third kappa shape index (κ3) is 8.67. The number of carbonyl (C=O) groups is 2. The molecule has 0 aliphatic heterocycles. The smallest absolute Gasteiger partial charge is 0.276 e. The number of nitrogens with one attached hydrogen (secondary N) is 3. The molecule has 0 aliphatic carbocycles. The molecule has 0 saturated heterocycles. The van der Waals surface area contributed by atoms with E-state index in [1.165, 1.54) is 0 Å². The van der Waals surface area contributed by atoms with Crippen molar-refractivity contribution >= 4 is 40.7 Å². The van der Waals surface area contributed by atoms with Crippen LogP contribution in [0.25, 0.3) is 0 Å². The molecule has 3 N–H and O–H groups in total. The Morgan fingerprint density at radius 3 is 2.47 bits per heavy atom. The van der Waals surface area contributed by atoms with Gasteiger partial charge in [0, 0.05) is 10.6 Å². The highest BCUT2D eigenvalue weighted by Crippen LogP contribution is 2.15. The summed E-state index contributed by atoms with van der Waals surface area (Å²) >= 11 is 10.8. The lowest BCUT2D eigenvalue weighted by atomic mass is 10.1. The molecule has 0 radical (unpaired) electrons. The Kier molecular flexibility index (Phi) is 9.37. The lowest BCUT2D eigenvalue weighted by Gasteiger charge is -2.12. The summed E-state index contributed by atoms with van der Waals surface area (Å²) in [6.45, 7) is 4.57. The molecule has 0 unspecified atom stereocenters. The van der Waals surface area contributed by atoms with Crippen molar-refractivity contribution in [1.29, 1.82) is 0 Å². The molecule has 0 aliphatic rings. The van der Waals surface area contributed by atoms with E-state index in [1.807, 2.05) is 0 Å². The highest BCUT2D eigenvalue weighted by molar-refractivity contribution is 7.80. The van der Waals surface area contributed by atoms with Gasteiger partial charge in [0.2, 0.25) is 0 Å². The summed E-state index contributed by atoms with van der Waals surface area (Å²) in [5, 5.41) is 3.01. The Morgan fingerprint density at radius 2 is 1.77 bits per heavy atom. The molecular formula is C21H24ClN3O4S. The van der Waals surface area contributed by atoms with Crippen LogP contribution in [-0.2, 0) is 4.79 Å². The number of carbonyl (C=O) groups excluding carboxylic acids is 2. The van der Waals surface area contributed by atoms with Crippen molar-refractivity contribution in [2.24, 2.45) is 5.92 Å². The van der Waals surface area contributed by atoms with Crippen molar-refractivity contribution in [3.63, 3.8) is 0 Å². The molecule has 0 aromatic heterocycles. The van der Waals surface area contributed by atoms with Crippen LogP contribution >= 0.6 is 23.8 Å². The number of halogens is 1. The maximum atomic E-state index is 12.3. The van der Waals surface area contributed by atoms with Gasteiger partial charge in [-0.2, -0.15) is 0 Å². The van der Waals surface area contributed by atoms with Crippen LogP contribution in [0.4, 0.5) is 0 Å². The molecule has 9 heteroatoms. The summed E-state index contributed by atoms with van der Waals surface area (Å²) in [4.78, 5) is 24.2. The second kappa shape index (κ2) is 12.0. The molecule has 7 nitrogen and oxygen atoms in total. The van der Waals surface area contributed by atoms with Gasteiger partial charge in [-0.05, 0) is 67.0 Å². The third-order valence-electron chi connectivity index (χ3n) is 3.79. The van der Waals surface area contributed by atoms with Crippen LogP contribution in [0.15, 0.2) is 48.5 Å². The summed E-state index contributed by atoms with van der Waals surface area (Å²) in [5.41, 5.74) is 5.20. The van der Waals surface area contributed by atoms with E-state index in [4.69, 9.17) is 33.3 Å². The predicted molar refractivity (Wildman–Crippen MR) is 120 cm³/mol. The highest BCUT2D eigenvalue weighted by atomic mass is 35.5. The van der Waals surface area contributed by atoms with Gasteiger partial charge in [-0.1, -0.05) is 31.5 Å². The summed E-state index contributed by atoms with van der Waals surface area (Å²) in [6, 6.07) is 13.4. The zero-order valence-electron chi connectivity index (χ0n) is 16.7. The van der Waals surface area contributed by atoms with Crippen molar-refractivity contribution in [3.05, 3.63) is 59.1 Å². The lowest BCUT2D eigenvalue weighted by molar-refractivity contribution is -0.123. The number of rotatable bonds is 8. The second-order valence-electron chi connectivity index (χ2n) is 6.76. The number of hydrogen-bond acceptors (Lipinski definition) is 5. The van der Waals surface area contributed by atoms with Gasteiger partial charge in [-0.3, -0.25) is 25.8 Å². The Labute approximate surface area is 186 Å². The van der Waals surface area contributed by atoms with E-state index in [9.17, 15) is 9.59 Å². The lowest BCUT2D eigenvalue weighted by Crippen LogP contribution is -2.49. The van der Waals surface area contributed by atoms with Crippen LogP contribution < -0.4 is 25.6 Å². The summed E-state index contributed by atoms with van der Waals surface area (Å²) in [6.07, 6.45) is 0.922. The van der Waals surface area contributed by atoms with Crippen LogP contribution in [0.3, 0.4) is 0 Å². The number of hydrogen-bond donors (Lipinski definition) is 3. The van der Waals surface area contributed by atoms with Gasteiger partial charge in [0.25, 0.3) is 11.8 Å². The molecule has 30 heavy (non-hydrogen) atoms. The first-order valence-corrected chi connectivity index (χ1v) is 10.1. The maximum Gasteiger partial charge on any atom is 0.276 e. The van der Waals surface area contributed by atoms with Crippen LogP contribution in [0.2, 0.25) is 5.02 Å². The predicted octanol–water partition coefficient (Wildman–Crippen LogP) is 3.48. The SMILES string of the molecule is CC(C)CCOc1cccc(C(=O)NC(=S)NNC(=O)COc2ccc(Cl)cc2)c1. The Balaban J connectivity index is 1.74. The standard InChI is InChI=1S/C21H24ClN3O4S/c1-14(2)10-11-28-18-5-3-4-15(12-18)20(27)23-21(30)25-24-19(26)13-29-17-8-6-16(22)7-9-17/h3-9,12,14H,10-11,13H2,1-2H3,(H,24,26)(H2,23,25,27,30). The van der Waals surface area contributed by atoms with Crippen molar-refractivity contribution in [3.8, 4) is 11.5 Å². The minimum Gasteiger partial charge on any atom is -0.494 e. The molecular weight excluding hydrogens is 426 g/mol. The fourth-order valence-corrected chi connectivity index (χ4v) is 2.46. The molecule has 2 aromatic carbocycles. The van der Waals surface area contributed by atoms with E-state index in [0.29, 0.717) is 34.6 Å². The molecule has 0 atom stereocenters. The molecule has 0 saturated carbocycles. The minimum atomic E-state index is -0.470. The van der Waals surface area contributed by atoms with Gasteiger partial charge >= 0.3 is 0 Å². The average molecular weight is 450 g/mol. The van der Waals surface area contributed by atoms with E-state index in [-0.39, 0.29) is 11.7 Å². The first-order valence-electron chi connectivity index (χ1n) is 9.35. The zero-order chi connectivity index (χ0) is 21.9. The average Bonchev–Trinajstić information content (AvgIpc) is 2.72. The first-order chi connectivity index (χ1) is 14.3. The van der Waals surface area contributed by atoms with Gasteiger partial charge in [-0.25, -0.2) is 0 Å². The molecule has 2 aromatic rings. The Hall–Kier alpha value is -2.84. The highest BCUT2D eigenvalue weighted by Gasteiger charge is 2.10. The van der Waals surface area contributed by atoms with Gasteiger partial charge in [0.05, 0.1) is 6.61 Å². The van der Waals surface area contributed by atoms with Crippen molar-refractivity contribution in [1.82, 2.24) is 16.2 Å². The maximum absolute atomic E-state index is 12.3. The van der Waals surface area contributed by atoms with Crippen molar-refractivity contribution in [2.75, 3.05) is 13.2 Å². The largest absolute Gasteiger partial charge is 0.494 e. The molecule has 2 amide bonds. The molecule has 0 bridgehead atoms. The molecule has 160 valence electrons. The van der Waals surface area contributed by atoms with Crippen molar-refractivity contribution < 1.29 is 19.1 Å². The van der Waals surface area contributed by atoms with Gasteiger partial charge in [-0.15, -0.1) is 0 Å². The number of thiocarbonyl (C=S) groups is 1. The third-order valence-corrected chi connectivity index (χ3v) is 4.24. The summed E-state index contributed by atoms with van der Waals surface area (Å²) in [5.74, 6) is 0.748. The van der Waals surface area contributed by atoms with Gasteiger partial charge in [0.1, 0.15) is 11.5 Å². The summed E-state index contributed by atoms with van der Waals surface area (Å²) in [7, 11) is 0. The fraction of sp³-hybridized carbons (Fsp3) is 0.286. The van der Waals surface area contributed by atoms with Gasteiger partial charge in [0.15, 0.2) is 11.7 Å². The molecule has 2 rings (SSSR count). The summed E-state index contributed by atoms with van der Waals surface area (Å²) < 4.78 is 11.0. The number of hydrazine groups is 1. The number of benzene rings is 2. The van der Waals surface area contributed by atoms with Crippen LogP contribution in [-0.4, -0.2) is 30.1 Å². The van der Waals surface area contributed by atoms with Gasteiger partial charge < -0.3 is 9.47 Å². The first kappa shape index (κ1) is 23.4. The number of amides is 2. The monoisotopic (exact) mass is 449 g/mol. The molecule has 0 fully saturated rings. The van der Waals surface area contributed by atoms with Crippen LogP contribution in [0.5, 0.6) is 11.5 Å². The Morgan fingerprint density at radius 1 is 1.03 bits per heavy atom. The normalized spacial score (nSPS) is 10.3. The minimum absolute atomic E-state index is 0.0500. The van der Waals surface area contributed by atoms with E-state index in [2.05, 4.69) is 30.0 Å². The van der Waals surface area contributed by atoms with Crippen LogP contribution in [0.1, 0.15) is 30.6 Å². The topological polar surface area (TPSA) is 88.7 Å². The molecule has 0 spiro atoms. The van der Waals surface area contributed by atoms with Crippen molar-refractivity contribution in [2.45, 2.75) is 20.3 Å².